The summed E-state index contributed by atoms with van der Waals surface area (Å²) in [6.07, 6.45) is 4.43. The zero-order chi connectivity index (χ0) is 8.55. The molecule has 0 aromatic carbocycles. The van der Waals surface area contributed by atoms with Crippen LogP contribution in [0.1, 0.15) is 0 Å². The van der Waals surface area contributed by atoms with E-state index in [1.54, 1.807) is 12.3 Å². The molecule has 2 heterocycles. The molecule has 0 amide bonds. The molecule has 0 aliphatic heterocycles. The van der Waals surface area contributed by atoms with E-state index in [-0.39, 0.29) is 4.90 Å². The third-order valence-electron chi connectivity index (χ3n) is 1.43. The van der Waals surface area contributed by atoms with Crippen molar-refractivity contribution in [2.75, 3.05) is 0 Å². The minimum Gasteiger partial charge on any atom is -0.768 e. The molecule has 0 fully saturated rings. The van der Waals surface area contributed by atoms with Crippen molar-refractivity contribution in [3.63, 3.8) is 0 Å². The predicted octanol–water partition coefficient (Wildman–Crippen LogP) is -0.0327. The Kier molecular flexibility index (Phi) is 1.63. The van der Waals surface area contributed by atoms with E-state index in [1.165, 1.54) is 16.9 Å². The van der Waals surface area contributed by atoms with Gasteiger partial charge in [-0.1, -0.05) is 0 Å². The van der Waals surface area contributed by atoms with Gasteiger partial charge >= 0.3 is 0 Å². The SMILES string of the molecule is O=S([O-])c1cnn2cccnc12. The van der Waals surface area contributed by atoms with Gasteiger partial charge in [0.1, 0.15) is 0 Å². The van der Waals surface area contributed by atoms with Gasteiger partial charge in [0.05, 0.1) is 11.1 Å². The molecule has 0 spiro atoms. The number of fused-ring (bicyclic) bond motifs is 1. The minimum absolute atomic E-state index is 0.121. The second kappa shape index (κ2) is 2.65. The fraction of sp³-hybridized carbons (Fsp3) is 0. The fourth-order valence-corrected chi connectivity index (χ4v) is 1.35. The van der Waals surface area contributed by atoms with E-state index in [2.05, 4.69) is 10.1 Å². The summed E-state index contributed by atoms with van der Waals surface area (Å²) in [5.74, 6) is 0. The van der Waals surface area contributed by atoms with Crippen LogP contribution in [0.4, 0.5) is 0 Å². The van der Waals surface area contributed by atoms with Crippen LogP contribution in [-0.4, -0.2) is 23.4 Å². The highest BCUT2D eigenvalue weighted by Gasteiger charge is 2.03. The highest BCUT2D eigenvalue weighted by molar-refractivity contribution is 7.79. The first kappa shape index (κ1) is 7.38. The molecule has 0 saturated carbocycles. The van der Waals surface area contributed by atoms with Crippen LogP contribution in [0.3, 0.4) is 0 Å². The number of hydrogen-bond donors (Lipinski definition) is 0. The smallest absolute Gasteiger partial charge is 0.170 e. The van der Waals surface area contributed by atoms with Crippen LogP contribution in [0.25, 0.3) is 5.65 Å². The van der Waals surface area contributed by atoms with Gasteiger partial charge in [-0.3, -0.25) is 4.21 Å². The van der Waals surface area contributed by atoms with Gasteiger partial charge in [-0.15, -0.1) is 0 Å². The van der Waals surface area contributed by atoms with Crippen molar-refractivity contribution in [2.45, 2.75) is 4.90 Å². The maximum atomic E-state index is 10.6. The van der Waals surface area contributed by atoms with Gasteiger partial charge in [0.25, 0.3) is 0 Å². The van der Waals surface area contributed by atoms with Crippen LogP contribution in [-0.2, 0) is 11.1 Å². The Bertz CT molecular complexity index is 439. The summed E-state index contributed by atoms with van der Waals surface area (Å²) in [7, 11) is 0. The normalized spacial score (nSPS) is 13.4. The highest BCUT2D eigenvalue weighted by atomic mass is 32.2. The quantitative estimate of drug-likeness (QED) is 0.580. The fourth-order valence-electron chi connectivity index (χ4n) is 0.923. The van der Waals surface area contributed by atoms with Crippen LogP contribution in [0, 0.1) is 0 Å². The van der Waals surface area contributed by atoms with E-state index in [9.17, 15) is 8.76 Å². The van der Waals surface area contributed by atoms with Crippen molar-refractivity contribution in [1.29, 1.82) is 0 Å². The molecular formula is C6H4N3O2S-. The highest BCUT2D eigenvalue weighted by Crippen LogP contribution is 2.09. The zero-order valence-corrected chi connectivity index (χ0v) is 6.69. The molecule has 6 heteroatoms. The van der Waals surface area contributed by atoms with Crippen molar-refractivity contribution in [3.8, 4) is 0 Å². The van der Waals surface area contributed by atoms with Crippen LogP contribution in [0.2, 0.25) is 0 Å². The molecule has 62 valence electrons. The Morgan fingerprint density at radius 1 is 1.58 bits per heavy atom. The van der Waals surface area contributed by atoms with Crippen LogP contribution >= 0.6 is 0 Å². The third-order valence-corrected chi connectivity index (χ3v) is 2.07. The Morgan fingerprint density at radius 2 is 2.42 bits per heavy atom. The van der Waals surface area contributed by atoms with Crippen molar-refractivity contribution < 1.29 is 8.76 Å². The molecule has 0 bridgehead atoms. The molecule has 5 nitrogen and oxygen atoms in total. The monoisotopic (exact) mass is 182 g/mol. The van der Waals surface area contributed by atoms with Crippen molar-refractivity contribution >= 4 is 16.7 Å². The van der Waals surface area contributed by atoms with E-state index < -0.39 is 11.1 Å². The van der Waals surface area contributed by atoms with E-state index in [0.29, 0.717) is 5.65 Å². The Labute approximate surface area is 70.3 Å². The summed E-state index contributed by atoms with van der Waals surface area (Å²) in [5.41, 5.74) is 0.353. The molecule has 1 unspecified atom stereocenters. The summed E-state index contributed by atoms with van der Waals surface area (Å²) in [6, 6.07) is 1.68. The lowest BCUT2D eigenvalue weighted by Gasteiger charge is -1.99. The lowest BCUT2D eigenvalue weighted by molar-refractivity contribution is 0.538. The Morgan fingerprint density at radius 3 is 3.17 bits per heavy atom. The zero-order valence-electron chi connectivity index (χ0n) is 5.88. The molecule has 0 N–H and O–H groups in total. The lowest BCUT2D eigenvalue weighted by Crippen LogP contribution is -1.91. The number of rotatable bonds is 1. The molecule has 0 aliphatic carbocycles. The number of aromatic nitrogens is 3. The van der Waals surface area contributed by atoms with E-state index in [1.807, 2.05) is 0 Å². The first-order chi connectivity index (χ1) is 5.79. The topological polar surface area (TPSA) is 70.3 Å². The maximum Gasteiger partial charge on any atom is 0.170 e. The maximum absolute atomic E-state index is 10.6. The van der Waals surface area contributed by atoms with Crippen molar-refractivity contribution in [1.82, 2.24) is 14.6 Å². The molecule has 12 heavy (non-hydrogen) atoms. The van der Waals surface area contributed by atoms with Crippen LogP contribution in [0.5, 0.6) is 0 Å². The molecule has 2 aromatic rings. The third kappa shape index (κ3) is 1.01. The second-order valence-electron chi connectivity index (χ2n) is 2.13. The summed E-state index contributed by atoms with van der Waals surface area (Å²) in [5, 5.41) is 3.80. The molecule has 2 rings (SSSR count). The first-order valence-corrected chi connectivity index (χ1v) is 4.24. The van der Waals surface area contributed by atoms with E-state index in [4.69, 9.17) is 0 Å². The summed E-state index contributed by atoms with van der Waals surface area (Å²) in [4.78, 5) is 3.99. The summed E-state index contributed by atoms with van der Waals surface area (Å²) >= 11 is -2.27. The molecule has 0 saturated heterocycles. The standard InChI is InChI=1S/C6H5N3O2S/c10-12(11)5-4-8-9-3-1-2-7-6(5)9/h1-4H,(H,10,11)/p-1. The van der Waals surface area contributed by atoms with Gasteiger partial charge in [0, 0.05) is 12.4 Å². The van der Waals surface area contributed by atoms with E-state index in [0.717, 1.165) is 0 Å². The van der Waals surface area contributed by atoms with Gasteiger partial charge in [-0.2, -0.15) is 5.10 Å². The van der Waals surface area contributed by atoms with Crippen molar-refractivity contribution in [2.24, 2.45) is 0 Å². The number of nitrogens with zero attached hydrogens (tertiary/aromatic N) is 3. The first-order valence-electron chi connectivity index (χ1n) is 3.16. The Balaban J connectivity index is 2.79. The average Bonchev–Trinajstić information content (AvgIpc) is 2.47. The molecular weight excluding hydrogens is 178 g/mol. The lowest BCUT2D eigenvalue weighted by atomic mass is 10.6. The van der Waals surface area contributed by atoms with Gasteiger partial charge in [-0.05, 0) is 17.1 Å². The van der Waals surface area contributed by atoms with Crippen LogP contribution in [0.15, 0.2) is 29.6 Å². The molecule has 2 aromatic heterocycles. The van der Waals surface area contributed by atoms with Crippen LogP contribution < -0.4 is 0 Å². The second-order valence-corrected chi connectivity index (χ2v) is 3.04. The Hall–Kier alpha value is -1.27. The summed E-state index contributed by atoms with van der Waals surface area (Å²) < 4.78 is 22.6. The van der Waals surface area contributed by atoms with E-state index >= 15 is 0 Å². The molecule has 1 atom stereocenters. The average molecular weight is 182 g/mol. The largest absolute Gasteiger partial charge is 0.768 e. The predicted molar refractivity (Wildman–Crippen MR) is 40.2 cm³/mol. The molecule has 0 aliphatic rings. The van der Waals surface area contributed by atoms with Gasteiger partial charge < -0.3 is 4.55 Å². The van der Waals surface area contributed by atoms with Gasteiger partial charge in [-0.25, -0.2) is 9.50 Å². The number of hydrogen-bond acceptors (Lipinski definition) is 4. The minimum atomic E-state index is -2.27. The summed E-state index contributed by atoms with van der Waals surface area (Å²) in [6.45, 7) is 0. The van der Waals surface area contributed by atoms with Gasteiger partial charge in [0.15, 0.2) is 5.65 Å². The van der Waals surface area contributed by atoms with Crippen molar-refractivity contribution in [3.05, 3.63) is 24.7 Å². The van der Waals surface area contributed by atoms with Gasteiger partial charge in [0.2, 0.25) is 0 Å². The molecule has 0 radical (unpaired) electrons.